The van der Waals surface area contributed by atoms with Crippen LogP contribution in [0.3, 0.4) is 0 Å². The maximum absolute atomic E-state index is 11.8. The van der Waals surface area contributed by atoms with Gasteiger partial charge in [-0.1, -0.05) is 64.7 Å². The van der Waals surface area contributed by atoms with Crippen molar-refractivity contribution in [2.45, 2.75) is 110 Å². The molecule has 0 spiro atoms. The SMILES string of the molecule is CCCCCCCCCCCOC(=O)CCCCCN(C)C[C@@H](C)OC(=O)CCN(C)C. The number of esters is 2. The first-order chi connectivity index (χ1) is 15.3. The standard InChI is InChI=1S/C26H52N2O4/c1-6-7-8-9-10-11-12-13-17-22-31-25(29)18-15-14-16-20-28(5)23-24(2)32-26(30)19-21-27(3)4/h24H,6-23H2,1-5H3/t24-/m1/s1. The third-order valence-corrected chi connectivity index (χ3v) is 5.60. The molecule has 190 valence electrons. The lowest BCUT2D eigenvalue weighted by Crippen LogP contribution is -2.32. The molecule has 0 rings (SSSR count). The Balaban J connectivity index is 3.51. The summed E-state index contributed by atoms with van der Waals surface area (Å²) in [5.74, 6) is -0.197. The zero-order chi connectivity index (χ0) is 24.0. The van der Waals surface area contributed by atoms with Gasteiger partial charge in [0.05, 0.1) is 13.0 Å². The summed E-state index contributed by atoms with van der Waals surface area (Å²) in [7, 11) is 5.94. The molecule has 0 heterocycles. The third-order valence-electron chi connectivity index (χ3n) is 5.60. The average molecular weight is 457 g/mol. The van der Waals surface area contributed by atoms with Gasteiger partial charge >= 0.3 is 11.9 Å². The molecular formula is C26H52N2O4. The molecule has 0 bridgehead atoms. The highest BCUT2D eigenvalue weighted by atomic mass is 16.5. The zero-order valence-electron chi connectivity index (χ0n) is 21.8. The molecule has 6 nitrogen and oxygen atoms in total. The molecule has 0 aliphatic carbocycles. The minimum atomic E-state index is -0.138. The van der Waals surface area contributed by atoms with Crippen molar-refractivity contribution in [2.75, 3.05) is 47.4 Å². The first-order valence-corrected chi connectivity index (χ1v) is 13.0. The van der Waals surface area contributed by atoms with E-state index in [9.17, 15) is 9.59 Å². The van der Waals surface area contributed by atoms with Crippen molar-refractivity contribution in [2.24, 2.45) is 0 Å². The fourth-order valence-electron chi connectivity index (χ4n) is 3.66. The number of hydrogen-bond acceptors (Lipinski definition) is 6. The Morgan fingerprint density at radius 1 is 0.719 bits per heavy atom. The molecule has 0 aliphatic heterocycles. The van der Waals surface area contributed by atoms with Gasteiger partial charge in [0.2, 0.25) is 0 Å². The molecule has 0 aromatic carbocycles. The zero-order valence-corrected chi connectivity index (χ0v) is 21.8. The highest BCUT2D eigenvalue weighted by Crippen LogP contribution is 2.10. The van der Waals surface area contributed by atoms with Crippen LogP contribution in [0.15, 0.2) is 0 Å². The van der Waals surface area contributed by atoms with E-state index in [-0.39, 0.29) is 18.0 Å². The number of ether oxygens (including phenoxy) is 2. The number of hydrogen-bond donors (Lipinski definition) is 0. The minimum Gasteiger partial charge on any atom is -0.466 e. The second-order valence-corrected chi connectivity index (χ2v) is 9.48. The Hall–Kier alpha value is -1.14. The van der Waals surface area contributed by atoms with Crippen molar-refractivity contribution in [1.82, 2.24) is 9.80 Å². The summed E-state index contributed by atoms with van der Waals surface area (Å²) >= 11 is 0. The highest BCUT2D eigenvalue weighted by Gasteiger charge is 2.12. The second-order valence-electron chi connectivity index (χ2n) is 9.48. The van der Waals surface area contributed by atoms with Gasteiger partial charge in [-0.05, 0) is 53.9 Å². The van der Waals surface area contributed by atoms with Crippen molar-refractivity contribution in [3.8, 4) is 0 Å². The summed E-state index contributed by atoms with van der Waals surface area (Å²) in [4.78, 5) is 27.8. The number of carbonyl (C=O) groups excluding carboxylic acids is 2. The molecule has 0 N–H and O–H groups in total. The van der Waals surface area contributed by atoms with E-state index in [0.29, 0.717) is 26.0 Å². The van der Waals surface area contributed by atoms with Gasteiger partial charge in [0, 0.05) is 19.5 Å². The van der Waals surface area contributed by atoms with Crippen molar-refractivity contribution >= 4 is 11.9 Å². The van der Waals surface area contributed by atoms with Gasteiger partial charge in [-0.15, -0.1) is 0 Å². The molecular weight excluding hydrogens is 404 g/mol. The van der Waals surface area contributed by atoms with Crippen molar-refractivity contribution < 1.29 is 19.1 Å². The molecule has 0 saturated heterocycles. The second kappa shape index (κ2) is 21.7. The van der Waals surface area contributed by atoms with E-state index in [1.165, 1.54) is 44.9 Å². The van der Waals surface area contributed by atoms with Crippen molar-refractivity contribution in [3.63, 3.8) is 0 Å². The number of carbonyl (C=O) groups is 2. The molecule has 0 aromatic rings. The van der Waals surface area contributed by atoms with Crippen molar-refractivity contribution in [1.29, 1.82) is 0 Å². The molecule has 0 saturated carbocycles. The fourth-order valence-corrected chi connectivity index (χ4v) is 3.66. The largest absolute Gasteiger partial charge is 0.466 e. The number of likely N-dealkylation sites (N-methyl/N-ethyl adjacent to an activating group) is 1. The predicted molar refractivity (Wildman–Crippen MR) is 133 cm³/mol. The Labute approximate surface area is 198 Å². The Kier molecular flexibility index (Phi) is 20.9. The van der Waals surface area contributed by atoms with E-state index < -0.39 is 0 Å². The summed E-state index contributed by atoms with van der Waals surface area (Å²) in [5, 5.41) is 0. The molecule has 0 aliphatic rings. The van der Waals surface area contributed by atoms with Crippen LogP contribution in [0.1, 0.15) is 104 Å². The topological polar surface area (TPSA) is 59.1 Å². The molecule has 0 aromatic heterocycles. The molecule has 0 amide bonds. The maximum Gasteiger partial charge on any atom is 0.307 e. The van der Waals surface area contributed by atoms with E-state index in [2.05, 4.69) is 11.8 Å². The summed E-state index contributed by atoms with van der Waals surface area (Å²) < 4.78 is 10.8. The van der Waals surface area contributed by atoms with Crippen LogP contribution >= 0.6 is 0 Å². The number of nitrogens with zero attached hydrogens (tertiary/aromatic N) is 2. The molecule has 0 fully saturated rings. The van der Waals surface area contributed by atoms with E-state index in [4.69, 9.17) is 9.47 Å². The van der Waals surface area contributed by atoms with Gasteiger partial charge in [-0.3, -0.25) is 9.59 Å². The highest BCUT2D eigenvalue weighted by molar-refractivity contribution is 5.69. The van der Waals surface area contributed by atoms with Crippen LogP contribution < -0.4 is 0 Å². The minimum absolute atomic E-state index is 0.0591. The van der Waals surface area contributed by atoms with Crippen molar-refractivity contribution in [3.05, 3.63) is 0 Å². The third kappa shape index (κ3) is 22.1. The van der Waals surface area contributed by atoms with Gasteiger partial charge < -0.3 is 19.3 Å². The average Bonchev–Trinajstić information content (AvgIpc) is 2.73. The summed E-state index contributed by atoms with van der Waals surface area (Å²) in [6, 6.07) is 0. The first-order valence-electron chi connectivity index (χ1n) is 13.0. The van der Waals surface area contributed by atoms with E-state index in [0.717, 1.165) is 45.2 Å². The molecule has 0 unspecified atom stereocenters. The lowest BCUT2D eigenvalue weighted by atomic mass is 10.1. The van der Waals surface area contributed by atoms with E-state index in [1.807, 2.05) is 33.0 Å². The maximum atomic E-state index is 11.8. The first kappa shape index (κ1) is 30.9. The van der Waals surface area contributed by atoms with Gasteiger partial charge in [0.15, 0.2) is 0 Å². The van der Waals surface area contributed by atoms with Gasteiger partial charge in [-0.2, -0.15) is 0 Å². The van der Waals surface area contributed by atoms with Crippen LogP contribution in [0.2, 0.25) is 0 Å². The fraction of sp³-hybridized carbons (Fsp3) is 0.923. The van der Waals surface area contributed by atoms with Crippen LogP contribution in [0.25, 0.3) is 0 Å². The summed E-state index contributed by atoms with van der Waals surface area (Å²) in [6.07, 6.45) is 15.2. The van der Waals surface area contributed by atoms with Crippen LogP contribution in [0.4, 0.5) is 0 Å². The quantitative estimate of drug-likeness (QED) is 0.160. The smallest absolute Gasteiger partial charge is 0.307 e. The monoisotopic (exact) mass is 456 g/mol. The molecule has 6 heteroatoms. The molecule has 0 radical (unpaired) electrons. The van der Waals surface area contributed by atoms with E-state index >= 15 is 0 Å². The van der Waals surface area contributed by atoms with Crippen LogP contribution in [-0.4, -0.2) is 75.2 Å². The van der Waals surface area contributed by atoms with Gasteiger partial charge in [0.1, 0.15) is 6.10 Å². The van der Waals surface area contributed by atoms with Crippen LogP contribution in [-0.2, 0) is 19.1 Å². The normalized spacial score (nSPS) is 12.3. The van der Waals surface area contributed by atoms with Gasteiger partial charge in [-0.25, -0.2) is 0 Å². The Bertz CT molecular complexity index is 457. The van der Waals surface area contributed by atoms with Gasteiger partial charge in [0.25, 0.3) is 0 Å². The molecule has 1 atom stereocenters. The number of unbranched alkanes of at least 4 members (excludes halogenated alkanes) is 10. The van der Waals surface area contributed by atoms with Crippen LogP contribution in [0, 0.1) is 0 Å². The lowest BCUT2D eigenvalue weighted by Gasteiger charge is -2.21. The lowest BCUT2D eigenvalue weighted by molar-refractivity contribution is -0.149. The number of rotatable bonds is 22. The predicted octanol–water partition coefficient (Wildman–Crippen LogP) is 5.44. The molecule has 32 heavy (non-hydrogen) atoms. The summed E-state index contributed by atoms with van der Waals surface area (Å²) in [5.41, 5.74) is 0. The Morgan fingerprint density at radius 2 is 1.31 bits per heavy atom. The van der Waals surface area contributed by atoms with E-state index in [1.54, 1.807) is 0 Å². The summed E-state index contributed by atoms with van der Waals surface area (Å²) in [6.45, 7) is 7.14. The Morgan fingerprint density at radius 3 is 1.94 bits per heavy atom. The van der Waals surface area contributed by atoms with Crippen LogP contribution in [0.5, 0.6) is 0 Å².